The van der Waals surface area contributed by atoms with Crippen LogP contribution in [0.1, 0.15) is 6.92 Å². The topological polar surface area (TPSA) is 62.3 Å². The van der Waals surface area contributed by atoms with Gasteiger partial charge in [0.15, 0.2) is 0 Å². The fourth-order valence-corrected chi connectivity index (χ4v) is 4.23. The maximum atomic E-state index is 12.8. The third kappa shape index (κ3) is 3.03. The van der Waals surface area contributed by atoms with Gasteiger partial charge in [0.05, 0.1) is 5.52 Å². The quantitative estimate of drug-likeness (QED) is 0.911. The average Bonchev–Trinajstić information content (AvgIpc) is 2.46. The molecule has 0 bridgehead atoms. The van der Waals surface area contributed by atoms with Crippen molar-refractivity contribution in [3.05, 3.63) is 36.5 Å². The number of pyridine rings is 1. The van der Waals surface area contributed by atoms with Gasteiger partial charge in [-0.2, -0.15) is 4.31 Å². The molecule has 2 aromatic rings. The molecule has 21 heavy (non-hydrogen) atoms. The minimum Gasteiger partial charge on any atom is -0.312 e. The third-order valence-corrected chi connectivity index (χ3v) is 5.44. The summed E-state index contributed by atoms with van der Waals surface area (Å²) in [5, 5.41) is 4.10. The van der Waals surface area contributed by atoms with Gasteiger partial charge in [0.2, 0.25) is 10.0 Å². The lowest BCUT2D eigenvalue weighted by atomic mass is 10.2. The number of sulfonamides is 1. The van der Waals surface area contributed by atoms with Gasteiger partial charge < -0.3 is 5.32 Å². The molecule has 0 aliphatic carbocycles. The number of hydrogen-bond acceptors (Lipinski definition) is 4. The molecule has 1 atom stereocenters. The van der Waals surface area contributed by atoms with Crippen LogP contribution in [0.4, 0.5) is 0 Å². The molecular formula is C14H18ClN3O2S. The molecule has 0 radical (unpaired) electrons. The predicted molar refractivity (Wildman–Crippen MR) is 85.2 cm³/mol. The summed E-state index contributed by atoms with van der Waals surface area (Å²) in [6, 6.07) is 9.14. The molecule has 114 valence electrons. The lowest BCUT2D eigenvalue weighted by Crippen LogP contribution is -2.51. The highest BCUT2D eigenvalue weighted by Crippen LogP contribution is 2.24. The van der Waals surface area contributed by atoms with Gasteiger partial charge >= 0.3 is 0 Å². The van der Waals surface area contributed by atoms with Crippen molar-refractivity contribution in [2.24, 2.45) is 0 Å². The summed E-state index contributed by atoms with van der Waals surface area (Å²) in [4.78, 5) is 4.54. The summed E-state index contributed by atoms with van der Waals surface area (Å²) >= 11 is 0. The van der Waals surface area contributed by atoms with Crippen LogP contribution in [0, 0.1) is 0 Å². The predicted octanol–water partition coefficient (Wildman–Crippen LogP) is 1.64. The number of fused-ring (bicyclic) bond motifs is 1. The van der Waals surface area contributed by atoms with E-state index < -0.39 is 10.0 Å². The first-order valence-electron chi connectivity index (χ1n) is 6.66. The van der Waals surface area contributed by atoms with Gasteiger partial charge in [-0.1, -0.05) is 18.2 Å². The highest BCUT2D eigenvalue weighted by atomic mass is 35.5. The van der Waals surface area contributed by atoms with Crippen LogP contribution >= 0.6 is 12.4 Å². The Bertz CT molecular complexity index is 731. The number of nitrogens with one attached hydrogen (secondary N) is 1. The number of piperazine rings is 1. The maximum absolute atomic E-state index is 12.8. The van der Waals surface area contributed by atoms with Crippen LogP contribution < -0.4 is 5.32 Å². The monoisotopic (exact) mass is 327 g/mol. The van der Waals surface area contributed by atoms with E-state index in [1.54, 1.807) is 18.3 Å². The van der Waals surface area contributed by atoms with Crippen molar-refractivity contribution in [1.82, 2.24) is 14.6 Å². The van der Waals surface area contributed by atoms with Crippen molar-refractivity contribution in [2.45, 2.75) is 17.9 Å². The zero-order valence-electron chi connectivity index (χ0n) is 11.7. The smallest absolute Gasteiger partial charge is 0.245 e. The van der Waals surface area contributed by atoms with Gasteiger partial charge in [0.1, 0.15) is 4.90 Å². The molecule has 0 amide bonds. The first-order valence-corrected chi connectivity index (χ1v) is 8.10. The number of para-hydroxylation sites is 1. The van der Waals surface area contributed by atoms with Gasteiger partial charge in [-0.05, 0) is 19.1 Å². The van der Waals surface area contributed by atoms with Crippen LogP contribution in [0.15, 0.2) is 41.4 Å². The molecule has 0 saturated carbocycles. The van der Waals surface area contributed by atoms with Crippen molar-refractivity contribution < 1.29 is 8.42 Å². The molecule has 1 aromatic carbocycles. The Morgan fingerprint density at radius 2 is 2.05 bits per heavy atom. The fraction of sp³-hybridized carbons (Fsp3) is 0.357. The SMILES string of the molecule is CC1CN(S(=O)(=O)c2cccc3cccnc23)CCN1.Cl. The Labute approximate surface area is 130 Å². The van der Waals surface area contributed by atoms with E-state index >= 15 is 0 Å². The van der Waals surface area contributed by atoms with Crippen molar-refractivity contribution in [3.8, 4) is 0 Å². The van der Waals surface area contributed by atoms with E-state index in [4.69, 9.17) is 0 Å². The molecule has 5 nitrogen and oxygen atoms in total. The Morgan fingerprint density at radius 3 is 2.81 bits per heavy atom. The summed E-state index contributed by atoms with van der Waals surface area (Å²) in [5.41, 5.74) is 0.543. The van der Waals surface area contributed by atoms with Gasteiger partial charge in [0, 0.05) is 37.3 Å². The van der Waals surface area contributed by atoms with Crippen LogP contribution in [-0.2, 0) is 10.0 Å². The number of aromatic nitrogens is 1. The molecular weight excluding hydrogens is 310 g/mol. The fourth-order valence-electron chi connectivity index (χ4n) is 2.54. The van der Waals surface area contributed by atoms with E-state index in [1.165, 1.54) is 4.31 Å². The lowest BCUT2D eigenvalue weighted by molar-refractivity contribution is 0.310. The van der Waals surface area contributed by atoms with Crippen molar-refractivity contribution >= 4 is 33.3 Å². The molecule has 1 aromatic heterocycles. The zero-order valence-corrected chi connectivity index (χ0v) is 13.3. The maximum Gasteiger partial charge on any atom is 0.245 e. The first kappa shape index (κ1) is 16.2. The minimum absolute atomic E-state index is 0. The van der Waals surface area contributed by atoms with E-state index in [1.807, 2.05) is 25.1 Å². The summed E-state index contributed by atoms with van der Waals surface area (Å²) in [6.45, 7) is 3.66. The number of benzene rings is 1. The number of nitrogens with zero attached hydrogens (tertiary/aromatic N) is 2. The van der Waals surface area contributed by atoms with Crippen LogP contribution in [0.3, 0.4) is 0 Å². The standard InChI is InChI=1S/C14H17N3O2S.ClH/c1-11-10-17(9-8-15-11)20(18,19)13-6-2-4-12-5-3-7-16-14(12)13;/h2-7,11,15H,8-10H2,1H3;1H. The first-order chi connectivity index (χ1) is 9.59. The lowest BCUT2D eigenvalue weighted by Gasteiger charge is -2.31. The molecule has 1 aliphatic rings. The molecule has 0 spiro atoms. The second-order valence-corrected chi connectivity index (χ2v) is 6.96. The van der Waals surface area contributed by atoms with E-state index in [9.17, 15) is 8.42 Å². The summed E-state index contributed by atoms with van der Waals surface area (Å²) in [7, 11) is -3.49. The summed E-state index contributed by atoms with van der Waals surface area (Å²) in [6.07, 6.45) is 1.63. The zero-order chi connectivity index (χ0) is 14.2. The van der Waals surface area contributed by atoms with Crippen LogP contribution in [-0.4, -0.2) is 43.4 Å². The molecule has 3 rings (SSSR count). The number of rotatable bonds is 2. The molecule has 7 heteroatoms. The molecule has 2 heterocycles. The largest absolute Gasteiger partial charge is 0.312 e. The Balaban J connectivity index is 0.00000161. The van der Waals surface area contributed by atoms with Gasteiger partial charge in [0.25, 0.3) is 0 Å². The van der Waals surface area contributed by atoms with Crippen molar-refractivity contribution in [1.29, 1.82) is 0 Å². The summed E-state index contributed by atoms with van der Waals surface area (Å²) in [5.74, 6) is 0. The van der Waals surface area contributed by atoms with E-state index in [0.29, 0.717) is 30.0 Å². The second kappa shape index (κ2) is 6.27. The van der Waals surface area contributed by atoms with Crippen LogP contribution in [0.2, 0.25) is 0 Å². The molecule has 1 saturated heterocycles. The van der Waals surface area contributed by atoms with Crippen molar-refractivity contribution in [3.63, 3.8) is 0 Å². The summed E-state index contributed by atoms with van der Waals surface area (Å²) < 4.78 is 27.1. The highest BCUT2D eigenvalue weighted by molar-refractivity contribution is 7.89. The second-order valence-electron chi connectivity index (χ2n) is 5.05. The van der Waals surface area contributed by atoms with Crippen LogP contribution in [0.25, 0.3) is 10.9 Å². The normalized spacial score (nSPS) is 20.1. The minimum atomic E-state index is -3.49. The van der Waals surface area contributed by atoms with Gasteiger partial charge in [-0.3, -0.25) is 4.98 Å². The van der Waals surface area contributed by atoms with E-state index in [2.05, 4.69) is 10.3 Å². The average molecular weight is 328 g/mol. The molecule has 1 N–H and O–H groups in total. The van der Waals surface area contributed by atoms with Gasteiger partial charge in [-0.15, -0.1) is 12.4 Å². The molecule has 1 fully saturated rings. The number of halogens is 1. The molecule has 1 unspecified atom stereocenters. The van der Waals surface area contributed by atoms with E-state index in [0.717, 1.165) is 5.39 Å². The highest BCUT2D eigenvalue weighted by Gasteiger charge is 2.29. The number of hydrogen-bond donors (Lipinski definition) is 1. The molecule has 1 aliphatic heterocycles. The van der Waals surface area contributed by atoms with E-state index in [-0.39, 0.29) is 18.4 Å². The Hall–Kier alpha value is -1.21. The Kier molecular flexibility index (Phi) is 4.83. The van der Waals surface area contributed by atoms with Crippen molar-refractivity contribution in [2.75, 3.05) is 19.6 Å². The van der Waals surface area contributed by atoms with Gasteiger partial charge in [-0.25, -0.2) is 8.42 Å². The van der Waals surface area contributed by atoms with Crippen LogP contribution in [0.5, 0.6) is 0 Å². The third-order valence-electron chi connectivity index (χ3n) is 3.55. The Morgan fingerprint density at radius 1 is 1.29 bits per heavy atom.